The maximum Gasteiger partial charge on any atom is 0.326 e. The molecule has 0 spiro atoms. The molecule has 1 aromatic carbocycles. The highest BCUT2D eigenvalue weighted by molar-refractivity contribution is 7.80. The van der Waals surface area contributed by atoms with Gasteiger partial charge in [0.1, 0.15) is 23.9 Å². The standard InChI is InChI=1S/C23H37N5O6S/c1-13(2)19(23(33)34)28-21(31)17(5-3-4-10-24)26-22(32)18(12-35)27-20(30)16(25)11-14-6-8-15(29)9-7-14/h6-9,13,16-19,29,35H,3-5,10-12,24-25H2,1-2H3,(H,26,32)(H,27,30)(H,28,31)(H,33,34). The summed E-state index contributed by atoms with van der Waals surface area (Å²) < 4.78 is 0. The summed E-state index contributed by atoms with van der Waals surface area (Å²) in [6, 6.07) is 2.08. The Kier molecular flexibility index (Phi) is 13.1. The van der Waals surface area contributed by atoms with Gasteiger partial charge in [0, 0.05) is 5.75 Å². The third-order valence-corrected chi connectivity index (χ3v) is 5.72. The van der Waals surface area contributed by atoms with Crippen molar-refractivity contribution in [1.29, 1.82) is 0 Å². The molecule has 0 aliphatic carbocycles. The van der Waals surface area contributed by atoms with E-state index in [4.69, 9.17) is 11.5 Å². The fourth-order valence-electron chi connectivity index (χ4n) is 3.25. The second-order valence-corrected chi connectivity index (χ2v) is 9.00. The van der Waals surface area contributed by atoms with E-state index in [1.54, 1.807) is 26.0 Å². The summed E-state index contributed by atoms with van der Waals surface area (Å²) in [4.78, 5) is 49.7. The first-order valence-electron chi connectivity index (χ1n) is 11.5. The highest BCUT2D eigenvalue weighted by atomic mass is 32.1. The lowest BCUT2D eigenvalue weighted by atomic mass is 10.0. The van der Waals surface area contributed by atoms with Gasteiger partial charge in [-0.3, -0.25) is 14.4 Å². The van der Waals surface area contributed by atoms with Crippen LogP contribution in [-0.4, -0.2) is 70.4 Å². The third-order valence-electron chi connectivity index (χ3n) is 5.35. The van der Waals surface area contributed by atoms with E-state index in [-0.39, 0.29) is 30.3 Å². The van der Waals surface area contributed by atoms with Crippen LogP contribution in [0.25, 0.3) is 0 Å². The number of nitrogens with one attached hydrogen (secondary N) is 3. The van der Waals surface area contributed by atoms with Crippen LogP contribution in [0.5, 0.6) is 5.75 Å². The molecule has 0 aromatic heterocycles. The zero-order valence-corrected chi connectivity index (χ0v) is 21.0. The minimum Gasteiger partial charge on any atom is -0.508 e. The van der Waals surface area contributed by atoms with Gasteiger partial charge in [-0.1, -0.05) is 26.0 Å². The van der Waals surface area contributed by atoms with E-state index in [0.29, 0.717) is 19.4 Å². The van der Waals surface area contributed by atoms with E-state index < -0.39 is 47.9 Å². The second kappa shape index (κ2) is 15.2. The number of carbonyl (C=O) groups excluding carboxylic acids is 3. The van der Waals surface area contributed by atoms with Crippen molar-refractivity contribution in [3.63, 3.8) is 0 Å². The number of unbranched alkanes of at least 4 members (excludes halogenated alkanes) is 1. The van der Waals surface area contributed by atoms with Gasteiger partial charge < -0.3 is 37.6 Å². The Morgan fingerprint density at radius 1 is 0.943 bits per heavy atom. The zero-order valence-electron chi connectivity index (χ0n) is 20.1. The molecule has 12 heteroatoms. The number of hydrogen-bond acceptors (Lipinski definition) is 8. The molecular weight excluding hydrogens is 474 g/mol. The molecule has 4 atom stereocenters. The molecule has 0 aliphatic rings. The van der Waals surface area contributed by atoms with Crippen molar-refractivity contribution in [2.24, 2.45) is 17.4 Å². The van der Waals surface area contributed by atoms with E-state index in [2.05, 4.69) is 28.6 Å². The first kappa shape index (κ1) is 30.2. The number of phenols is 1. The molecule has 0 saturated carbocycles. The van der Waals surface area contributed by atoms with Crippen molar-refractivity contribution < 1.29 is 29.4 Å². The number of phenolic OH excluding ortho intramolecular Hbond substituents is 1. The summed E-state index contributed by atoms with van der Waals surface area (Å²) in [6.45, 7) is 3.73. The summed E-state index contributed by atoms with van der Waals surface area (Å²) in [5, 5.41) is 26.3. The zero-order chi connectivity index (χ0) is 26.5. The Bertz CT molecular complexity index is 851. The summed E-state index contributed by atoms with van der Waals surface area (Å²) in [5.41, 5.74) is 12.2. The number of benzene rings is 1. The van der Waals surface area contributed by atoms with Crippen LogP contribution < -0.4 is 27.4 Å². The van der Waals surface area contributed by atoms with Crippen LogP contribution in [0.2, 0.25) is 0 Å². The topological polar surface area (TPSA) is 197 Å². The van der Waals surface area contributed by atoms with E-state index in [0.717, 1.165) is 5.56 Å². The Hall–Kier alpha value is -2.83. The van der Waals surface area contributed by atoms with Gasteiger partial charge in [-0.15, -0.1) is 0 Å². The molecule has 4 unspecified atom stereocenters. The summed E-state index contributed by atoms with van der Waals surface area (Å²) >= 11 is 4.14. The minimum atomic E-state index is -1.18. The normalized spacial score (nSPS) is 14.5. The lowest BCUT2D eigenvalue weighted by molar-refractivity contribution is -0.143. The van der Waals surface area contributed by atoms with Gasteiger partial charge in [0.05, 0.1) is 6.04 Å². The molecule has 0 bridgehead atoms. The number of aromatic hydroxyl groups is 1. The highest BCUT2D eigenvalue weighted by Gasteiger charge is 2.30. The largest absolute Gasteiger partial charge is 0.508 e. The smallest absolute Gasteiger partial charge is 0.326 e. The number of carbonyl (C=O) groups is 4. The Labute approximate surface area is 210 Å². The van der Waals surface area contributed by atoms with Gasteiger partial charge in [0.15, 0.2) is 0 Å². The third kappa shape index (κ3) is 10.5. The first-order valence-corrected chi connectivity index (χ1v) is 12.1. The second-order valence-electron chi connectivity index (χ2n) is 8.63. The van der Waals surface area contributed by atoms with Gasteiger partial charge >= 0.3 is 5.97 Å². The summed E-state index contributed by atoms with van der Waals surface area (Å²) in [7, 11) is 0. The van der Waals surface area contributed by atoms with E-state index >= 15 is 0 Å². The van der Waals surface area contributed by atoms with Gasteiger partial charge in [0.2, 0.25) is 17.7 Å². The SMILES string of the molecule is CC(C)C(NC(=O)C(CCCCN)NC(=O)C(CS)NC(=O)C(N)Cc1ccc(O)cc1)C(=O)O. The van der Waals surface area contributed by atoms with Crippen molar-refractivity contribution in [3.8, 4) is 5.75 Å². The van der Waals surface area contributed by atoms with Crippen LogP contribution in [-0.2, 0) is 25.6 Å². The molecule has 11 nitrogen and oxygen atoms in total. The van der Waals surface area contributed by atoms with E-state index in [1.807, 2.05) is 0 Å². The molecule has 0 radical (unpaired) electrons. The average molecular weight is 512 g/mol. The molecule has 0 heterocycles. The molecule has 0 fully saturated rings. The van der Waals surface area contributed by atoms with Crippen LogP contribution in [0, 0.1) is 5.92 Å². The van der Waals surface area contributed by atoms with E-state index in [1.165, 1.54) is 12.1 Å². The number of thiol groups is 1. The lowest BCUT2D eigenvalue weighted by Crippen LogP contribution is -2.58. The number of nitrogens with two attached hydrogens (primary N) is 2. The summed E-state index contributed by atoms with van der Waals surface area (Å²) in [6.07, 6.45) is 1.57. The van der Waals surface area contributed by atoms with Crippen LogP contribution >= 0.6 is 12.6 Å². The number of hydrogen-bond donors (Lipinski definition) is 8. The highest BCUT2D eigenvalue weighted by Crippen LogP contribution is 2.11. The molecular formula is C23H37N5O6S. The molecule has 196 valence electrons. The predicted molar refractivity (Wildman–Crippen MR) is 135 cm³/mol. The fourth-order valence-corrected chi connectivity index (χ4v) is 3.51. The quantitative estimate of drug-likeness (QED) is 0.114. The van der Waals surface area contributed by atoms with Crippen LogP contribution in [0.4, 0.5) is 0 Å². The average Bonchev–Trinajstić information content (AvgIpc) is 2.80. The number of aliphatic carboxylic acids is 1. The maximum absolute atomic E-state index is 12.9. The first-order chi connectivity index (χ1) is 16.5. The van der Waals surface area contributed by atoms with Crippen LogP contribution in [0.3, 0.4) is 0 Å². The Morgan fingerprint density at radius 2 is 1.51 bits per heavy atom. The number of amides is 3. The van der Waals surface area contributed by atoms with Gasteiger partial charge in [0.25, 0.3) is 0 Å². The van der Waals surface area contributed by atoms with Crippen molar-refractivity contribution in [1.82, 2.24) is 16.0 Å². The summed E-state index contributed by atoms with van der Waals surface area (Å²) in [5.74, 6) is -3.36. The number of carboxylic acid groups (broad SMARTS) is 1. The van der Waals surface area contributed by atoms with Gasteiger partial charge in [-0.2, -0.15) is 12.6 Å². The molecule has 9 N–H and O–H groups in total. The molecule has 1 rings (SSSR count). The Balaban J connectivity index is 2.83. The van der Waals surface area contributed by atoms with Crippen molar-refractivity contribution in [3.05, 3.63) is 29.8 Å². The minimum absolute atomic E-state index is 0.0512. The number of carboxylic acids is 1. The molecule has 0 saturated heterocycles. The van der Waals surface area contributed by atoms with Crippen LogP contribution in [0.15, 0.2) is 24.3 Å². The molecule has 1 aromatic rings. The number of rotatable bonds is 15. The maximum atomic E-state index is 12.9. The fraction of sp³-hybridized carbons (Fsp3) is 0.565. The predicted octanol–water partition coefficient (Wildman–Crippen LogP) is -0.484. The van der Waals surface area contributed by atoms with Gasteiger partial charge in [-0.05, 0) is 55.8 Å². The molecule has 3 amide bonds. The lowest BCUT2D eigenvalue weighted by Gasteiger charge is -2.25. The molecule has 0 aliphatic heterocycles. The van der Waals surface area contributed by atoms with Gasteiger partial charge in [-0.25, -0.2) is 4.79 Å². The Morgan fingerprint density at radius 3 is 2.03 bits per heavy atom. The van der Waals surface area contributed by atoms with Crippen molar-refractivity contribution in [2.75, 3.05) is 12.3 Å². The van der Waals surface area contributed by atoms with E-state index in [9.17, 15) is 29.4 Å². The monoisotopic (exact) mass is 511 g/mol. The van der Waals surface area contributed by atoms with Crippen molar-refractivity contribution >= 4 is 36.3 Å². The van der Waals surface area contributed by atoms with Crippen LogP contribution in [0.1, 0.15) is 38.7 Å². The van der Waals surface area contributed by atoms with Crippen molar-refractivity contribution in [2.45, 2.75) is 63.7 Å². The molecule has 35 heavy (non-hydrogen) atoms.